The first-order chi connectivity index (χ1) is 8.96. The Morgan fingerprint density at radius 3 is 2.35 bits per heavy atom. The Hall–Kier alpha value is -0.920. The molecule has 1 rings (SSSR count). The third kappa shape index (κ3) is 4.04. The zero-order valence-electron chi connectivity index (χ0n) is 13.1. The van der Waals surface area contributed by atoms with Gasteiger partial charge in [-0.2, -0.15) is 5.10 Å². The van der Waals surface area contributed by atoms with E-state index in [0.29, 0.717) is 17.8 Å². The molecular formula is C13H25N3O3S. The fourth-order valence-electron chi connectivity index (χ4n) is 2.42. The van der Waals surface area contributed by atoms with Crippen molar-refractivity contribution in [2.75, 3.05) is 6.54 Å². The van der Waals surface area contributed by atoms with Crippen molar-refractivity contribution in [3.63, 3.8) is 0 Å². The number of hydrogen-bond donors (Lipinski definition) is 2. The summed E-state index contributed by atoms with van der Waals surface area (Å²) < 4.78 is 28.7. The molecule has 0 saturated carbocycles. The lowest BCUT2D eigenvalue weighted by Gasteiger charge is -2.25. The van der Waals surface area contributed by atoms with Crippen LogP contribution in [-0.2, 0) is 17.1 Å². The Balaban J connectivity index is 2.91. The van der Waals surface area contributed by atoms with Crippen LogP contribution in [-0.4, -0.2) is 35.5 Å². The molecule has 1 aromatic rings. The van der Waals surface area contributed by atoms with Gasteiger partial charge in [-0.3, -0.25) is 4.68 Å². The lowest BCUT2D eigenvalue weighted by molar-refractivity contribution is 0.0436. The third-order valence-corrected chi connectivity index (χ3v) is 4.86. The highest BCUT2D eigenvalue weighted by atomic mass is 32.2. The smallest absolute Gasteiger partial charge is 0.244 e. The molecule has 0 aromatic carbocycles. The first-order valence-corrected chi connectivity index (χ1v) is 8.17. The summed E-state index contributed by atoms with van der Waals surface area (Å²) in [5.41, 5.74) is -0.0230. The zero-order chi connectivity index (χ0) is 15.7. The van der Waals surface area contributed by atoms with Crippen LogP contribution in [0.5, 0.6) is 0 Å². The van der Waals surface area contributed by atoms with Crippen molar-refractivity contribution in [1.29, 1.82) is 0 Å². The van der Waals surface area contributed by atoms with Gasteiger partial charge in [-0.1, -0.05) is 13.8 Å². The number of hydrogen-bond acceptors (Lipinski definition) is 4. The highest BCUT2D eigenvalue weighted by molar-refractivity contribution is 7.89. The van der Waals surface area contributed by atoms with E-state index in [9.17, 15) is 13.5 Å². The maximum atomic E-state index is 12.3. The highest BCUT2D eigenvalue weighted by Gasteiger charge is 2.28. The van der Waals surface area contributed by atoms with Crippen molar-refractivity contribution < 1.29 is 13.5 Å². The average molecular weight is 303 g/mol. The number of aromatic nitrogens is 2. The van der Waals surface area contributed by atoms with Gasteiger partial charge in [-0.05, 0) is 33.1 Å². The Morgan fingerprint density at radius 2 is 1.95 bits per heavy atom. The zero-order valence-corrected chi connectivity index (χ0v) is 13.9. The van der Waals surface area contributed by atoms with Crippen molar-refractivity contribution in [2.24, 2.45) is 13.0 Å². The van der Waals surface area contributed by atoms with Crippen LogP contribution in [0.2, 0.25) is 0 Å². The number of sulfonamides is 1. The molecule has 0 amide bonds. The molecule has 1 atom stereocenters. The van der Waals surface area contributed by atoms with E-state index in [2.05, 4.69) is 9.82 Å². The van der Waals surface area contributed by atoms with Gasteiger partial charge in [-0.25, -0.2) is 13.1 Å². The van der Waals surface area contributed by atoms with Crippen LogP contribution in [0.4, 0.5) is 0 Å². The maximum Gasteiger partial charge on any atom is 0.244 e. The minimum absolute atomic E-state index is 0.0126. The quantitative estimate of drug-likeness (QED) is 0.824. The first kappa shape index (κ1) is 17.1. The summed E-state index contributed by atoms with van der Waals surface area (Å²) in [7, 11) is -1.96. The van der Waals surface area contributed by atoms with Crippen LogP contribution in [0, 0.1) is 19.8 Å². The molecule has 0 aliphatic carbocycles. The molecule has 0 bridgehead atoms. The normalized spacial score (nSPS) is 15.6. The van der Waals surface area contributed by atoms with E-state index in [1.165, 1.54) is 4.68 Å². The van der Waals surface area contributed by atoms with Gasteiger partial charge < -0.3 is 5.11 Å². The van der Waals surface area contributed by atoms with E-state index in [-0.39, 0.29) is 17.4 Å². The number of aryl methyl sites for hydroxylation is 2. The predicted molar refractivity (Wildman–Crippen MR) is 77.9 cm³/mol. The van der Waals surface area contributed by atoms with Crippen molar-refractivity contribution in [1.82, 2.24) is 14.5 Å². The van der Waals surface area contributed by atoms with Gasteiger partial charge in [0.2, 0.25) is 10.0 Å². The number of nitrogens with one attached hydrogen (secondary N) is 1. The molecular weight excluding hydrogens is 278 g/mol. The lowest BCUT2D eigenvalue weighted by Crippen LogP contribution is -2.41. The summed E-state index contributed by atoms with van der Waals surface area (Å²) in [6.07, 6.45) is 0.528. The van der Waals surface area contributed by atoms with Gasteiger partial charge in [-0.15, -0.1) is 0 Å². The second-order valence-corrected chi connectivity index (χ2v) is 7.75. The van der Waals surface area contributed by atoms with E-state index < -0.39 is 15.6 Å². The second kappa shape index (κ2) is 5.83. The molecule has 7 heteroatoms. The fraction of sp³-hybridized carbons (Fsp3) is 0.769. The van der Waals surface area contributed by atoms with E-state index in [0.717, 1.165) is 0 Å². The van der Waals surface area contributed by atoms with Crippen LogP contribution in [0.1, 0.15) is 38.6 Å². The minimum atomic E-state index is -3.66. The molecule has 0 fully saturated rings. The summed E-state index contributed by atoms with van der Waals surface area (Å²) in [6, 6.07) is 0. The molecule has 2 N–H and O–H groups in total. The number of nitrogens with zero attached hydrogens (tertiary/aromatic N) is 2. The molecule has 1 aromatic heterocycles. The minimum Gasteiger partial charge on any atom is -0.389 e. The van der Waals surface area contributed by atoms with Crippen LogP contribution < -0.4 is 4.72 Å². The molecule has 0 saturated heterocycles. The summed E-state index contributed by atoms with van der Waals surface area (Å²) in [5.74, 6) is 0.288. The largest absolute Gasteiger partial charge is 0.389 e. The van der Waals surface area contributed by atoms with E-state index >= 15 is 0 Å². The predicted octanol–water partition coefficient (Wildman–Crippen LogP) is 1.11. The van der Waals surface area contributed by atoms with Crippen LogP contribution in [0.15, 0.2) is 4.90 Å². The average Bonchev–Trinajstić information content (AvgIpc) is 2.49. The van der Waals surface area contributed by atoms with E-state index in [1.807, 2.05) is 13.8 Å². The first-order valence-electron chi connectivity index (χ1n) is 6.68. The molecule has 1 unspecified atom stereocenters. The molecule has 6 nitrogen and oxygen atoms in total. The van der Waals surface area contributed by atoms with Crippen molar-refractivity contribution >= 4 is 10.0 Å². The summed E-state index contributed by atoms with van der Waals surface area (Å²) in [6.45, 7) is 8.96. The van der Waals surface area contributed by atoms with Gasteiger partial charge in [0.05, 0.1) is 17.0 Å². The van der Waals surface area contributed by atoms with Crippen molar-refractivity contribution in [2.45, 2.75) is 51.5 Å². The molecule has 0 aliphatic heterocycles. The van der Waals surface area contributed by atoms with Gasteiger partial charge in [0.25, 0.3) is 0 Å². The number of aliphatic hydroxyl groups is 1. The monoisotopic (exact) mass is 303 g/mol. The van der Waals surface area contributed by atoms with Gasteiger partial charge >= 0.3 is 0 Å². The summed E-state index contributed by atoms with van der Waals surface area (Å²) in [5, 5.41) is 14.3. The molecule has 0 radical (unpaired) electrons. The highest BCUT2D eigenvalue weighted by Crippen LogP contribution is 2.20. The third-order valence-electron chi connectivity index (χ3n) is 3.20. The lowest BCUT2D eigenvalue weighted by atomic mass is 9.95. The topological polar surface area (TPSA) is 84.2 Å². The van der Waals surface area contributed by atoms with E-state index in [4.69, 9.17) is 0 Å². The van der Waals surface area contributed by atoms with Gasteiger partial charge in [0.1, 0.15) is 4.90 Å². The molecule has 0 spiro atoms. The van der Waals surface area contributed by atoms with Crippen LogP contribution in [0.25, 0.3) is 0 Å². The van der Waals surface area contributed by atoms with Gasteiger partial charge in [0, 0.05) is 13.6 Å². The molecule has 0 aliphatic rings. The van der Waals surface area contributed by atoms with Gasteiger partial charge in [0.15, 0.2) is 0 Å². The van der Waals surface area contributed by atoms with E-state index in [1.54, 1.807) is 27.8 Å². The Bertz CT molecular complexity index is 574. The Labute approximate surface area is 121 Å². The van der Waals surface area contributed by atoms with Crippen molar-refractivity contribution in [3.8, 4) is 0 Å². The van der Waals surface area contributed by atoms with Crippen LogP contribution >= 0.6 is 0 Å². The SMILES string of the molecule is Cc1nn(C)c(C)c1S(=O)(=O)NCC(C)(O)CC(C)C. The molecule has 116 valence electrons. The van der Waals surface area contributed by atoms with Crippen LogP contribution in [0.3, 0.4) is 0 Å². The molecule has 20 heavy (non-hydrogen) atoms. The Kier molecular flexibility index (Phi) is 4.99. The fourth-order valence-corrected chi connectivity index (χ4v) is 4.01. The maximum absolute atomic E-state index is 12.3. The summed E-state index contributed by atoms with van der Waals surface area (Å²) in [4.78, 5) is 0.195. The van der Waals surface area contributed by atoms with Crippen molar-refractivity contribution in [3.05, 3.63) is 11.4 Å². The summed E-state index contributed by atoms with van der Waals surface area (Å²) >= 11 is 0. The second-order valence-electron chi connectivity index (χ2n) is 6.04. The number of rotatable bonds is 6. The Morgan fingerprint density at radius 1 is 1.40 bits per heavy atom. The standard InChI is InChI=1S/C13H25N3O3S/c1-9(2)7-13(5,17)8-14-20(18,19)12-10(3)15-16(6)11(12)4/h9,14,17H,7-8H2,1-6H3. The molecule has 1 heterocycles.